The first-order valence-electron chi connectivity index (χ1n) is 6.04. The van der Waals surface area contributed by atoms with E-state index in [-0.39, 0.29) is 5.24 Å². The van der Waals surface area contributed by atoms with Crippen molar-refractivity contribution in [2.45, 2.75) is 46.0 Å². The van der Waals surface area contributed by atoms with Gasteiger partial charge in [-0.15, -0.1) is 0 Å². The maximum absolute atomic E-state index is 10.6. The van der Waals surface area contributed by atoms with E-state index in [1.54, 1.807) is 0 Å². The Morgan fingerprint density at radius 2 is 2.06 bits per heavy atom. The van der Waals surface area contributed by atoms with Crippen LogP contribution >= 0.6 is 11.6 Å². The Morgan fingerprint density at radius 3 is 2.65 bits per heavy atom. The Morgan fingerprint density at radius 1 is 1.35 bits per heavy atom. The van der Waals surface area contributed by atoms with Crippen molar-refractivity contribution in [3.63, 3.8) is 0 Å². The van der Waals surface area contributed by atoms with E-state index in [2.05, 4.69) is 6.92 Å². The maximum atomic E-state index is 10.6. The van der Waals surface area contributed by atoms with E-state index < -0.39 is 0 Å². The second-order valence-corrected chi connectivity index (χ2v) is 4.80. The third-order valence-electron chi connectivity index (χ3n) is 2.80. The second kappa shape index (κ2) is 6.65. The number of hydrogen-bond acceptors (Lipinski definition) is 2. The first-order valence-corrected chi connectivity index (χ1v) is 6.42. The van der Waals surface area contributed by atoms with Gasteiger partial charge in [-0.3, -0.25) is 4.79 Å². The number of rotatable bonds is 6. The van der Waals surface area contributed by atoms with Crippen molar-refractivity contribution in [1.82, 2.24) is 0 Å². The van der Waals surface area contributed by atoms with Gasteiger partial charge in [0.05, 0.1) is 0 Å². The number of benzene rings is 1. The fourth-order valence-electron chi connectivity index (χ4n) is 1.97. The molecule has 94 valence electrons. The summed E-state index contributed by atoms with van der Waals surface area (Å²) >= 11 is 5.30. The summed E-state index contributed by atoms with van der Waals surface area (Å²) in [6.07, 6.45) is 3.89. The predicted octanol–water partition coefficient (Wildman–Crippen LogP) is 3.74. The number of phenols is 1. The second-order valence-electron chi connectivity index (χ2n) is 4.38. The largest absolute Gasteiger partial charge is 0.507 e. The molecule has 1 rings (SSSR count). The zero-order chi connectivity index (χ0) is 12.8. The summed E-state index contributed by atoms with van der Waals surface area (Å²) in [5, 5.41) is 9.61. The van der Waals surface area contributed by atoms with Gasteiger partial charge in [-0.25, -0.2) is 0 Å². The molecule has 0 heterocycles. The van der Waals surface area contributed by atoms with Crippen molar-refractivity contribution in [2.24, 2.45) is 0 Å². The first kappa shape index (κ1) is 14.0. The molecule has 0 radical (unpaired) electrons. The molecule has 1 aromatic rings. The van der Waals surface area contributed by atoms with Gasteiger partial charge >= 0.3 is 0 Å². The molecule has 0 spiro atoms. The summed E-state index contributed by atoms with van der Waals surface area (Å²) in [7, 11) is 0. The summed E-state index contributed by atoms with van der Waals surface area (Å²) in [5.74, 6) is 0.406. The van der Waals surface area contributed by atoms with Crippen LogP contribution < -0.4 is 0 Å². The molecule has 0 aliphatic carbocycles. The number of carbonyl (C=O) groups is 1. The van der Waals surface area contributed by atoms with E-state index in [1.807, 2.05) is 19.1 Å². The minimum absolute atomic E-state index is 0.283. The highest BCUT2D eigenvalue weighted by Crippen LogP contribution is 2.26. The van der Waals surface area contributed by atoms with Crippen molar-refractivity contribution in [1.29, 1.82) is 0 Å². The van der Waals surface area contributed by atoms with Crippen LogP contribution in [0, 0.1) is 6.92 Å². The van der Waals surface area contributed by atoms with E-state index in [0.717, 1.165) is 36.8 Å². The van der Waals surface area contributed by atoms with Crippen LogP contribution in [-0.2, 0) is 17.6 Å². The van der Waals surface area contributed by atoms with Crippen molar-refractivity contribution < 1.29 is 9.90 Å². The third-order valence-corrected chi connectivity index (χ3v) is 2.99. The molecule has 17 heavy (non-hydrogen) atoms. The number of hydrogen-bond donors (Lipinski definition) is 1. The van der Waals surface area contributed by atoms with Crippen LogP contribution in [0.4, 0.5) is 0 Å². The number of carbonyl (C=O) groups excluding carboxylic acids is 1. The lowest BCUT2D eigenvalue weighted by Gasteiger charge is -2.10. The van der Waals surface area contributed by atoms with Crippen LogP contribution in [0.1, 0.15) is 42.9 Å². The van der Waals surface area contributed by atoms with Crippen molar-refractivity contribution in [3.8, 4) is 5.75 Å². The fraction of sp³-hybridized carbons (Fsp3) is 0.500. The van der Waals surface area contributed by atoms with Crippen LogP contribution in [0.25, 0.3) is 0 Å². The minimum Gasteiger partial charge on any atom is -0.507 e. The molecule has 0 saturated carbocycles. The lowest BCUT2D eigenvalue weighted by atomic mass is 9.98. The summed E-state index contributed by atoms with van der Waals surface area (Å²) in [6.45, 7) is 4.00. The van der Waals surface area contributed by atoms with E-state index in [1.165, 1.54) is 5.56 Å². The topological polar surface area (TPSA) is 37.3 Å². The average molecular weight is 255 g/mol. The van der Waals surface area contributed by atoms with Crippen molar-refractivity contribution in [2.75, 3.05) is 0 Å². The lowest BCUT2D eigenvalue weighted by Crippen LogP contribution is -1.95. The summed E-state index contributed by atoms with van der Waals surface area (Å²) in [4.78, 5) is 10.6. The van der Waals surface area contributed by atoms with Gasteiger partial charge in [0.1, 0.15) is 5.75 Å². The van der Waals surface area contributed by atoms with Crippen LogP contribution in [0.5, 0.6) is 5.75 Å². The molecule has 0 bridgehead atoms. The predicted molar refractivity (Wildman–Crippen MR) is 70.6 cm³/mol. The van der Waals surface area contributed by atoms with Crippen molar-refractivity contribution in [3.05, 3.63) is 28.8 Å². The fourth-order valence-corrected chi connectivity index (χ4v) is 2.10. The number of halogens is 1. The summed E-state index contributed by atoms with van der Waals surface area (Å²) in [6, 6.07) is 4.01. The number of aryl methyl sites for hydroxylation is 3. The van der Waals surface area contributed by atoms with Gasteiger partial charge in [0.25, 0.3) is 0 Å². The van der Waals surface area contributed by atoms with E-state index in [0.29, 0.717) is 12.2 Å². The Balaban J connectivity index is 2.75. The first-order chi connectivity index (χ1) is 8.04. The lowest BCUT2D eigenvalue weighted by molar-refractivity contribution is -0.111. The van der Waals surface area contributed by atoms with Gasteiger partial charge in [-0.2, -0.15) is 0 Å². The monoisotopic (exact) mass is 254 g/mol. The molecule has 0 aromatic heterocycles. The van der Waals surface area contributed by atoms with E-state index >= 15 is 0 Å². The van der Waals surface area contributed by atoms with E-state index in [4.69, 9.17) is 11.6 Å². The standard InChI is InChI=1S/C14H19ClO2/c1-3-5-12-9-11(6-4-7-13(15)16)8-10(2)14(12)17/h8-9,17H,3-7H2,1-2H3. The number of aromatic hydroxyl groups is 1. The van der Waals surface area contributed by atoms with Gasteiger partial charge in [0, 0.05) is 6.42 Å². The van der Waals surface area contributed by atoms with Crippen LogP contribution in [-0.4, -0.2) is 10.3 Å². The van der Waals surface area contributed by atoms with E-state index in [9.17, 15) is 9.90 Å². The molecule has 0 fully saturated rings. The molecule has 0 aliphatic rings. The third kappa shape index (κ3) is 4.39. The van der Waals surface area contributed by atoms with Crippen LogP contribution in [0.3, 0.4) is 0 Å². The molecule has 0 aliphatic heterocycles. The molecule has 3 heteroatoms. The van der Waals surface area contributed by atoms with Crippen LogP contribution in [0.2, 0.25) is 0 Å². The SMILES string of the molecule is CCCc1cc(CCCC(=O)Cl)cc(C)c1O. The Labute approximate surface area is 108 Å². The Hall–Kier alpha value is -1.02. The van der Waals surface area contributed by atoms with Gasteiger partial charge in [-0.05, 0) is 54.5 Å². The highest BCUT2D eigenvalue weighted by atomic mass is 35.5. The molecule has 2 nitrogen and oxygen atoms in total. The zero-order valence-electron chi connectivity index (χ0n) is 10.4. The normalized spacial score (nSPS) is 10.5. The quantitative estimate of drug-likeness (QED) is 0.786. The molecule has 1 N–H and O–H groups in total. The average Bonchev–Trinajstić information content (AvgIpc) is 2.25. The van der Waals surface area contributed by atoms with Crippen LogP contribution in [0.15, 0.2) is 12.1 Å². The molecular weight excluding hydrogens is 236 g/mol. The molecule has 0 amide bonds. The maximum Gasteiger partial charge on any atom is 0.221 e. The Bertz CT molecular complexity index is 399. The molecule has 0 unspecified atom stereocenters. The molecular formula is C14H19ClO2. The minimum atomic E-state index is -0.283. The van der Waals surface area contributed by atoms with Crippen molar-refractivity contribution >= 4 is 16.8 Å². The number of phenolic OH excluding ortho intramolecular Hbond substituents is 1. The summed E-state index contributed by atoms with van der Waals surface area (Å²) in [5.41, 5.74) is 3.07. The summed E-state index contributed by atoms with van der Waals surface area (Å²) < 4.78 is 0. The smallest absolute Gasteiger partial charge is 0.221 e. The molecule has 1 aromatic carbocycles. The van der Waals surface area contributed by atoms with Gasteiger partial charge in [0.2, 0.25) is 5.24 Å². The highest BCUT2D eigenvalue weighted by molar-refractivity contribution is 6.63. The zero-order valence-corrected chi connectivity index (χ0v) is 11.2. The van der Waals surface area contributed by atoms with Gasteiger partial charge in [0.15, 0.2) is 0 Å². The van der Waals surface area contributed by atoms with Gasteiger partial charge < -0.3 is 5.11 Å². The molecule has 0 saturated heterocycles. The van der Waals surface area contributed by atoms with Gasteiger partial charge in [-0.1, -0.05) is 25.5 Å². The molecule has 0 atom stereocenters. The highest BCUT2D eigenvalue weighted by Gasteiger charge is 2.07. The Kier molecular flexibility index (Phi) is 5.49.